The van der Waals surface area contributed by atoms with Crippen LogP contribution in [-0.4, -0.2) is 27.4 Å². The Labute approximate surface area is 94.6 Å². The Hall–Kier alpha value is -1.03. The summed E-state index contributed by atoms with van der Waals surface area (Å²) in [5.74, 6) is -0.0859. The molecule has 0 aromatic carbocycles. The maximum absolute atomic E-state index is 11.6. The molecule has 1 heterocycles. The van der Waals surface area contributed by atoms with Crippen molar-refractivity contribution >= 4 is 17.5 Å². The molecule has 15 heavy (non-hydrogen) atoms. The van der Waals surface area contributed by atoms with E-state index in [9.17, 15) is 4.79 Å². The molecule has 1 aromatic rings. The third kappa shape index (κ3) is 3.91. The summed E-state index contributed by atoms with van der Waals surface area (Å²) in [6.07, 6.45) is 4.97. The summed E-state index contributed by atoms with van der Waals surface area (Å²) in [7, 11) is 1.79. The SMILES string of the molecule is CC(Cl)CCCNC(=O)c1cncn1C. The van der Waals surface area contributed by atoms with Crippen LogP contribution in [0.5, 0.6) is 0 Å². The smallest absolute Gasteiger partial charge is 0.269 e. The lowest BCUT2D eigenvalue weighted by molar-refractivity contribution is 0.0945. The van der Waals surface area contributed by atoms with E-state index >= 15 is 0 Å². The number of rotatable bonds is 5. The second-order valence-corrected chi connectivity index (χ2v) is 4.31. The largest absolute Gasteiger partial charge is 0.351 e. The monoisotopic (exact) mass is 229 g/mol. The number of carbonyl (C=O) groups is 1. The average Bonchev–Trinajstić information content (AvgIpc) is 2.58. The molecule has 0 aliphatic heterocycles. The molecule has 0 aliphatic rings. The molecule has 0 fully saturated rings. The van der Waals surface area contributed by atoms with E-state index in [-0.39, 0.29) is 11.3 Å². The Morgan fingerprint density at radius 1 is 1.73 bits per heavy atom. The molecule has 84 valence electrons. The van der Waals surface area contributed by atoms with Crippen LogP contribution < -0.4 is 5.32 Å². The Kier molecular flexibility index (Phi) is 4.62. The number of imidazole rings is 1. The van der Waals surface area contributed by atoms with Crippen molar-refractivity contribution in [2.75, 3.05) is 6.54 Å². The zero-order chi connectivity index (χ0) is 11.3. The minimum atomic E-state index is -0.0859. The summed E-state index contributed by atoms with van der Waals surface area (Å²) in [6.45, 7) is 2.60. The molecule has 4 nitrogen and oxygen atoms in total. The third-order valence-corrected chi connectivity index (χ3v) is 2.33. The van der Waals surface area contributed by atoms with Crippen molar-refractivity contribution in [1.29, 1.82) is 0 Å². The van der Waals surface area contributed by atoms with Gasteiger partial charge in [0, 0.05) is 19.0 Å². The van der Waals surface area contributed by atoms with Gasteiger partial charge in [-0.3, -0.25) is 4.79 Å². The van der Waals surface area contributed by atoms with Crippen molar-refractivity contribution in [2.45, 2.75) is 25.1 Å². The van der Waals surface area contributed by atoms with Crippen molar-refractivity contribution in [3.63, 3.8) is 0 Å². The van der Waals surface area contributed by atoms with Gasteiger partial charge in [-0.2, -0.15) is 0 Å². The standard InChI is InChI=1S/C10H16ClN3O/c1-8(11)4-3-5-13-10(15)9-6-12-7-14(9)2/h6-8H,3-5H2,1-2H3,(H,13,15). The van der Waals surface area contributed by atoms with E-state index in [0.29, 0.717) is 12.2 Å². The zero-order valence-electron chi connectivity index (χ0n) is 9.03. The maximum atomic E-state index is 11.6. The van der Waals surface area contributed by atoms with Crippen LogP contribution in [0.1, 0.15) is 30.3 Å². The van der Waals surface area contributed by atoms with Crippen molar-refractivity contribution in [3.8, 4) is 0 Å². The molecule has 0 spiro atoms. The number of aromatic nitrogens is 2. The molecule has 1 rings (SSSR count). The van der Waals surface area contributed by atoms with Crippen molar-refractivity contribution in [2.24, 2.45) is 7.05 Å². The molecular weight excluding hydrogens is 214 g/mol. The lowest BCUT2D eigenvalue weighted by Gasteiger charge is -2.06. The molecule has 1 aromatic heterocycles. The van der Waals surface area contributed by atoms with Gasteiger partial charge in [0.25, 0.3) is 5.91 Å². The first-order valence-electron chi connectivity index (χ1n) is 5.00. The molecule has 0 saturated heterocycles. The van der Waals surface area contributed by atoms with Gasteiger partial charge in [0.15, 0.2) is 0 Å². The summed E-state index contributed by atoms with van der Waals surface area (Å²) < 4.78 is 1.69. The number of halogens is 1. The van der Waals surface area contributed by atoms with Gasteiger partial charge in [-0.15, -0.1) is 11.6 Å². The number of alkyl halides is 1. The van der Waals surface area contributed by atoms with Gasteiger partial charge < -0.3 is 9.88 Å². The van der Waals surface area contributed by atoms with E-state index in [1.165, 1.54) is 0 Å². The first-order valence-corrected chi connectivity index (χ1v) is 5.43. The molecular formula is C10H16ClN3O. The van der Waals surface area contributed by atoms with Crippen LogP contribution >= 0.6 is 11.6 Å². The van der Waals surface area contributed by atoms with Gasteiger partial charge in [0.05, 0.1) is 12.5 Å². The van der Waals surface area contributed by atoms with E-state index in [4.69, 9.17) is 11.6 Å². The molecule has 1 atom stereocenters. The van der Waals surface area contributed by atoms with Gasteiger partial charge in [-0.05, 0) is 19.8 Å². The van der Waals surface area contributed by atoms with Crippen LogP contribution in [0, 0.1) is 0 Å². The fourth-order valence-electron chi connectivity index (χ4n) is 1.25. The van der Waals surface area contributed by atoms with E-state index in [2.05, 4.69) is 10.3 Å². The molecule has 0 bridgehead atoms. The molecule has 0 saturated carbocycles. The fraction of sp³-hybridized carbons (Fsp3) is 0.600. The van der Waals surface area contributed by atoms with Crippen molar-refractivity contribution < 1.29 is 4.79 Å². The fourth-order valence-corrected chi connectivity index (χ4v) is 1.41. The van der Waals surface area contributed by atoms with Crippen molar-refractivity contribution in [3.05, 3.63) is 18.2 Å². The van der Waals surface area contributed by atoms with Crippen LogP contribution in [-0.2, 0) is 7.05 Å². The topological polar surface area (TPSA) is 46.9 Å². The highest BCUT2D eigenvalue weighted by Gasteiger charge is 2.08. The van der Waals surface area contributed by atoms with Gasteiger partial charge >= 0.3 is 0 Å². The minimum absolute atomic E-state index is 0.0859. The summed E-state index contributed by atoms with van der Waals surface area (Å²) in [4.78, 5) is 15.4. The van der Waals surface area contributed by atoms with Gasteiger partial charge in [0.2, 0.25) is 0 Å². The summed E-state index contributed by atoms with van der Waals surface area (Å²) in [6, 6.07) is 0. The van der Waals surface area contributed by atoms with Crippen LogP contribution in [0.4, 0.5) is 0 Å². The summed E-state index contributed by atoms with van der Waals surface area (Å²) in [5, 5.41) is 2.99. The normalized spacial score (nSPS) is 12.5. The molecule has 5 heteroatoms. The molecule has 1 amide bonds. The molecule has 0 radical (unpaired) electrons. The number of nitrogens with zero attached hydrogens (tertiary/aromatic N) is 2. The lowest BCUT2D eigenvalue weighted by atomic mass is 10.2. The summed E-state index contributed by atoms with van der Waals surface area (Å²) in [5.41, 5.74) is 0.578. The van der Waals surface area contributed by atoms with E-state index in [1.54, 1.807) is 24.1 Å². The second-order valence-electron chi connectivity index (χ2n) is 3.57. The van der Waals surface area contributed by atoms with E-state index in [0.717, 1.165) is 12.8 Å². The maximum Gasteiger partial charge on any atom is 0.269 e. The first-order chi connectivity index (χ1) is 7.11. The second kappa shape index (κ2) is 5.75. The number of hydrogen-bond acceptors (Lipinski definition) is 2. The molecule has 1 unspecified atom stereocenters. The highest BCUT2D eigenvalue weighted by molar-refractivity contribution is 6.20. The third-order valence-electron chi connectivity index (χ3n) is 2.11. The highest BCUT2D eigenvalue weighted by Crippen LogP contribution is 2.02. The molecule has 0 aliphatic carbocycles. The van der Waals surface area contributed by atoms with Gasteiger partial charge in [0.1, 0.15) is 5.69 Å². The Balaban J connectivity index is 2.28. The predicted octanol–water partition coefficient (Wildman–Crippen LogP) is 1.56. The van der Waals surface area contributed by atoms with Gasteiger partial charge in [-0.1, -0.05) is 0 Å². The number of hydrogen-bond donors (Lipinski definition) is 1. The Morgan fingerprint density at radius 2 is 2.47 bits per heavy atom. The van der Waals surface area contributed by atoms with E-state index < -0.39 is 0 Å². The predicted molar refractivity (Wildman–Crippen MR) is 60.1 cm³/mol. The zero-order valence-corrected chi connectivity index (χ0v) is 9.79. The summed E-state index contributed by atoms with van der Waals surface area (Å²) >= 11 is 5.79. The number of carbonyl (C=O) groups excluding carboxylic acids is 1. The van der Waals surface area contributed by atoms with Crippen LogP contribution in [0.15, 0.2) is 12.5 Å². The number of nitrogens with one attached hydrogen (secondary N) is 1. The van der Waals surface area contributed by atoms with E-state index in [1.807, 2.05) is 6.92 Å². The van der Waals surface area contributed by atoms with Crippen LogP contribution in [0.2, 0.25) is 0 Å². The number of aryl methyl sites for hydroxylation is 1. The minimum Gasteiger partial charge on any atom is -0.351 e. The number of amides is 1. The Morgan fingerprint density at radius 3 is 3.00 bits per heavy atom. The Bertz CT molecular complexity index is 322. The quantitative estimate of drug-likeness (QED) is 0.615. The molecule has 1 N–H and O–H groups in total. The average molecular weight is 230 g/mol. The van der Waals surface area contributed by atoms with Crippen molar-refractivity contribution in [1.82, 2.24) is 14.9 Å². The van der Waals surface area contributed by atoms with Crippen LogP contribution in [0.3, 0.4) is 0 Å². The van der Waals surface area contributed by atoms with Gasteiger partial charge in [-0.25, -0.2) is 4.98 Å². The highest BCUT2D eigenvalue weighted by atomic mass is 35.5. The lowest BCUT2D eigenvalue weighted by Crippen LogP contribution is -2.26. The van der Waals surface area contributed by atoms with Crippen LogP contribution in [0.25, 0.3) is 0 Å². The first kappa shape index (κ1) is 12.0.